The first-order valence-electron chi connectivity index (χ1n) is 10.1. The second kappa shape index (κ2) is 10.4. The van der Waals surface area contributed by atoms with Gasteiger partial charge in [-0.1, -0.05) is 18.2 Å². The van der Waals surface area contributed by atoms with Crippen LogP contribution in [-0.2, 0) is 14.8 Å². The minimum Gasteiger partial charge on any atom is -0.497 e. The third-order valence-corrected chi connectivity index (χ3v) is 6.57. The number of amides is 1. The van der Waals surface area contributed by atoms with Crippen LogP contribution in [-0.4, -0.2) is 52.6 Å². The first kappa shape index (κ1) is 22.1. The number of nitrogens with zero attached hydrogens (tertiary/aromatic N) is 1. The quantitative estimate of drug-likeness (QED) is 0.659. The lowest BCUT2D eigenvalue weighted by Crippen LogP contribution is -2.44. The second-order valence-corrected chi connectivity index (χ2v) is 9.05. The number of likely N-dealkylation sites (tertiary alicyclic amines) is 1. The Morgan fingerprint density at radius 2 is 1.83 bits per heavy atom. The van der Waals surface area contributed by atoms with Crippen molar-refractivity contribution in [2.75, 3.05) is 33.4 Å². The van der Waals surface area contributed by atoms with Crippen LogP contribution >= 0.6 is 0 Å². The number of carbonyl (C=O) groups is 1. The summed E-state index contributed by atoms with van der Waals surface area (Å²) < 4.78 is 38.4. The van der Waals surface area contributed by atoms with Gasteiger partial charge in [0.1, 0.15) is 11.5 Å². The molecule has 1 heterocycles. The molecular weight excluding hydrogens is 404 g/mol. The number of methoxy groups -OCH3 is 1. The molecular formula is C22H28N2O5S. The summed E-state index contributed by atoms with van der Waals surface area (Å²) in [5.74, 6) is 1.47. The van der Waals surface area contributed by atoms with Crippen LogP contribution in [0.1, 0.15) is 19.3 Å². The summed E-state index contributed by atoms with van der Waals surface area (Å²) in [6.45, 7) is 1.88. The SMILES string of the molecule is COc1ccc(S(=O)(=O)NCC2CCCN(C(=O)CCOc3ccccc3)C2)cc1. The van der Waals surface area contributed by atoms with Gasteiger partial charge >= 0.3 is 0 Å². The standard InChI is InChI=1S/C22H28N2O5S/c1-28-19-9-11-21(12-10-19)30(26,27)23-16-18-6-5-14-24(17-18)22(25)13-15-29-20-7-3-2-4-8-20/h2-4,7-12,18,23H,5-6,13-17H2,1H3. The van der Waals surface area contributed by atoms with Gasteiger partial charge in [-0.2, -0.15) is 0 Å². The Kier molecular flexibility index (Phi) is 7.70. The van der Waals surface area contributed by atoms with Crippen LogP contribution in [0.2, 0.25) is 0 Å². The Morgan fingerprint density at radius 1 is 1.10 bits per heavy atom. The Hall–Kier alpha value is -2.58. The van der Waals surface area contributed by atoms with Gasteiger partial charge in [0.25, 0.3) is 0 Å². The molecule has 8 heteroatoms. The van der Waals surface area contributed by atoms with Gasteiger partial charge in [0.2, 0.25) is 15.9 Å². The Balaban J connectivity index is 1.46. The Labute approximate surface area is 178 Å². The highest BCUT2D eigenvalue weighted by Crippen LogP contribution is 2.19. The van der Waals surface area contributed by atoms with E-state index in [0.29, 0.717) is 38.4 Å². The third kappa shape index (κ3) is 6.21. The molecule has 162 valence electrons. The van der Waals surface area contributed by atoms with Crippen LogP contribution in [0, 0.1) is 5.92 Å². The van der Waals surface area contributed by atoms with Gasteiger partial charge in [0, 0.05) is 19.6 Å². The van der Waals surface area contributed by atoms with E-state index in [1.54, 1.807) is 12.1 Å². The fraction of sp³-hybridized carbons (Fsp3) is 0.409. The van der Waals surface area contributed by atoms with Gasteiger partial charge in [-0.3, -0.25) is 4.79 Å². The lowest BCUT2D eigenvalue weighted by Gasteiger charge is -2.33. The molecule has 2 aromatic carbocycles. The molecule has 3 rings (SSSR count). The van der Waals surface area contributed by atoms with E-state index < -0.39 is 10.0 Å². The number of piperidine rings is 1. The molecule has 0 bridgehead atoms. The molecule has 1 aliphatic heterocycles. The number of ether oxygens (including phenoxy) is 2. The van der Waals surface area contributed by atoms with Crippen LogP contribution in [0.5, 0.6) is 11.5 Å². The second-order valence-electron chi connectivity index (χ2n) is 7.29. The lowest BCUT2D eigenvalue weighted by molar-refractivity contribution is -0.133. The highest BCUT2D eigenvalue weighted by molar-refractivity contribution is 7.89. The zero-order valence-corrected chi connectivity index (χ0v) is 17.9. The number of hydrogen-bond acceptors (Lipinski definition) is 5. The summed E-state index contributed by atoms with van der Waals surface area (Å²) in [5, 5.41) is 0. The summed E-state index contributed by atoms with van der Waals surface area (Å²) in [6.07, 6.45) is 2.05. The van der Waals surface area contributed by atoms with Crippen molar-refractivity contribution < 1.29 is 22.7 Å². The minimum atomic E-state index is -3.60. The topological polar surface area (TPSA) is 84.9 Å². The average molecular weight is 433 g/mol. The maximum Gasteiger partial charge on any atom is 0.240 e. The summed E-state index contributed by atoms with van der Waals surface area (Å²) in [6, 6.07) is 15.7. The maximum absolute atomic E-state index is 12.5. The molecule has 0 aromatic heterocycles. The zero-order valence-electron chi connectivity index (χ0n) is 17.1. The summed E-state index contributed by atoms with van der Waals surface area (Å²) in [4.78, 5) is 14.5. The normalized spacial score (nSPS) is 16.8. The van der Waals surface area contributed by atoms with Gasteiger partial charge in [-0.15, -0.1) is 0 Å². The monoisotopic (exact) mass is 432 g/mol. The molecule has 30 heavy (non-hydrogen) atoms. The largest absolute Gasteiger partial charge is 0.497 e. The van der Waals surface area contributed by atoms with E-state index in [1.165, 1.54) is 19.2 Å². The van der Waals surface area contributed by atoms with E-state index >= 15 is 0 Å². The fourth-order valence-electron chi connectivity index (χ4n) is 3.45. The van der Waals surface area contributed by atoms with Crippen molar-refractivity contribution >= 4 is 15.9 Å². The van der Waals surface area contributed by atoms with E-state index in [-0.39, 0.29) is 16.7 Å². The first-order valence-corrected chi connectivity index (χ1v) is 11.6. The van der Waals surface area contributed by atoms with E-state index in [0.717, 1.165) is 18.6 Å². The molecule has 7 nitrogen and oxygen atoms in total. The highest BCUT2D eigenvalue weighted by atomic mass is 32.2. The van der Waals surface area contributed by atoms with Gasteiger partial charge in [-0.05, 0) is 55.2 Å². The summed E-state index contributed by atoms with van der Waals surface area (Å²) >= 11 is 0. The van der Waals surface area contributed by atoms with Gasteiger partial charge in [0.15, 0.2) is 0 Å². The van der Waals surface area contributed by atoms with Crippen LogP contribution in [0.4, 0.5) is 0 Å². The fourth-order valence-corrected chi connectivity index (χ4v) is 4.57. The summed E-state index contributed by atoms with van der Waals surface area (Å²) in [5.41, 5.74) is 0. The van der Waals surface area contributed by atoms with Crippen molar-refractivity contribution in [1.29, 1.82) is 0 Å². The predicted octanol–water partition coefficient (Wildman–Crippen LogP) is 2.68. The van der Waals surface area contributed by atoms with E-state index in [1.807, 2.05) is 35.2 Å². The zero-order chi connectivity index (χ0) is 21.4. The van der Waals surface area contributed by atoms with Gasteiger partial charge in [0.05, 0.1) is 25.0 Å². The molecule has 1 atom stereocenters. The lowest BCUT2D eigenvalue weighted by atomic mass is 9.98. The summed E-state index contributed by atoms with van der Waals surface area (Å²) in [7, 11) is -2.06. The molecule has 2 aromatic rings. The van der Waals surface area contributed by atoms with Crippen molar-refractivity contribution in [3.8, 4) is 11.5 Å². The number of para-hydroxylation sites is 1. The van der Waals surface area contributed by atoms with Crippen molar-refractivity contribution in [2.24, 2.45) is 5.92 Å². The number of carbonyl (C=O) groups excluding carboxylic acids is 1. The van der Waals surface area contributed by atoms with Gasteiger partial charge in [-0.25, -0.2) is 13.1 Å². The molecule has 1 aliphatic rings. The molecule has 0 saturated carbocycles. The van der Waals surface area contributed by atoms with Crippen LogP contribution in [0.15, 0.2) is 59.5 Å². The van der Waals surface area contributed by atoms with Crippen molar-refractivity contribution in [3.05, 3.63) is 54.6 Å². The molecule has 1 unspecified atom stereocenters. The highest BCUT2D eigenvalue weighted by Gasteiger charge is 2.25. The minimum absolute atomic E-state index is 0.0358. The van der Waals surface area contributed by atoms with Crippen molar-refractivity contribution in [1.82, 2.24) is 9.62 Å². The molecule has 0 radical (unpaired) electrons. The number of nitrogens with one attached hydrogen (secondary N) is 1. The van der Waals surface area contributed by atoms with E-state index in [9.17, 15) is 13.2 Å². The van der Waals surface area contributed by atoms with Gasteiger partial charge < -0.3 is 14.4 Å². The Bertz CT molecular complexity index is 916. The smallest absolute Gasteiger partial charge is 0.240 e. The number of rotatable bonds is 9. The molecule has 1 saturated heterocycles. The maximum atomic E-state index is 12.5. The average Bonchev–Trinajstić information content (AvgIpc) is 2.78. The van der Waals surface area contributed by atoms with Crippen LogP contribution < -0.4 is 14.2 Å². The van der Waals surface area contributed by atoms with Crippen molar-refractivity contribution in [3.63, 3.8) is 0 Å². The number of sulfonamides is 1. The molecule has 0 aliphatic carbocycles. The van der Waals surface area contributed by atoms with Crippen LogP contribution in [0.25, 0.3) is 0 Å². The number of hydrogen-bond donors (Lipinski definition) is 1. The molecule has 0 spiro atoms. The molecule has 1 amide bonds. The first-order chi connectivity index (χ1) is 14.5. The van der Waals surface area contributed by atoms with Crippen LogP contribution in [0.3, 0.4) is 0 Å². The van der Waals surface area contributed by atoms with E-state index in [2.05, 4.69) is 4.72 Å². The Morgan fingerprint density at radius 3 is 2.53 bits per heavy atom. The molecule has 1 fully saturated rings. The van der Waals surface area contributed by atoms with Crippen molar-refractivity contribution in [2.45, 2.75) is 24.2 Å². The third-order valence-electron chi connectivity index (χ3n) is 5.13. The molecule has 1 N–H and O–H groups in total. The number of benzene rings is 2. The predicted molar refractivity (Wildman–Crippen MR) is 114 cm³/mol. The van der Waals surface area contributed by atoms with E-state index in [4.69, 9.17) is 9.47 Å².